The zero-order valence-electron chi connectivity index (χ0n) is 4.61. The molecule has 0 rings (SSSR count). The molecule has 7 heavy (non-hydrogen) atoms. The Kier molecular flexibility index (Phi) is 16.3. The second kappa shape index (κ2) is 10.3. The van der Waals surface area contributed by atoms with Crippen molar-refractivity contribution in [2.45, 2.75) is 0 Å². The van der Waals surface area contributed by atoms with Crippen molar-refractivity contribution in [3.63, 3.8) is 0 Å². The third kappa shape index (κ3) is 125. The normalized spacial score (nSPS) is 8.29. The van der Waals surface area contributed by atoms with Crippen molar-refractivity contribution in [1.29, 1.82) is 0 Å². The van der Waals surface area contributed by atoms with Crippen LogP contribution in [0.4, 0.5) is 0 Å². The van der Waals surface area contributed by atoms with Crippen LogP contribution < -0.4 is 0 Å². The second-order valence-electron chi connectivity index (χ2n) is 1.40. The molecule has 0 unspecified atom stereocenters. The van der Waals surface area contributed by atoms with Gasteiger partial charge in [-0.2, -0.15) is 0 Å². The molecule has 0 atom stereocenters. The zero-order valence-corrected chi connectivity index (χ0v) is 8.45. The molecule has 0 heterocycles. The molecule has 0 radical (unpaired) electrons. The van der Waals surface area contributed by atoms with E-state index >= 15 is 0 Å². The van der Waals surface area contributed by atoms with Crippen LogP contribution in [-0.2, 0) is 0 Å². The Hall–Kier alpha value is 1.27. The monoisotopic (exact) mass is 257 g/mol. The van der Waals surface area contributed by atoms with E-state index in [2.05, 4.69) is 0 Å². The van der Waals surface area contributed by atoms with Crippen molar-refractivity contribution in [2.24, 2.45) is 0 Å². The first-order valence-corrected chi connectivity index (χ1v) is 7.55. The standard InChI is InChI=1S/C3H9N.Cl2HI/c1-4(2)3;1-3-2/h1-3H3;3H. The molecule has 0 aromatic heterocycles. The van der Waals surface area contributed by atoms with Gasteiger partial charge in [0.15, 0.2) is 0 Å². The molecule has 0 bridgehead atoms. The molecule has 1 nitrogen and oxygen atoms in total. The fourth-order valence-electron chi connectivity index (χ4n) is 0. The molecule has 48 valence electrons. The van der Waals surface area contributed by atoms with Crippen LogP contribution in [-0.4, -0.2) is 26.0 Å². The average Bonchev–Trinajstić information content (AvgIpc) is 1.33. The van der Waals surface area contributed by atoms with E-state index in [0.717, 1.165) is 0 Å². The van der Waals surface area contributed by atoms with Crippen molar-refractivity contribution >= 4 is 36.8 Å². The van der Waals surface area contributed by atoms with Crippen molar-refractivity contribution in [1.82, 2.24) is 4.90 Å². The molecule has 0 aliphatic heterocycles. The Labute approximate surface area is 62.7 Å². The van der Waals surface area contributed by atoms with Gasteiger partial charge in [-0.25, -0.2) is 0 Å². The molecule has 0 aromatic carbocycles. The van der Waals surface area contributed by atoms with Crippen LogP contribution in [0.25, 0.3) is 0 Å². The summed E-state index contributed by atoms with van der Waals surface area (Å²) in [5.74, 6) is 0. The Morgan fingerprint density at radius 1 is 1.14 bits per heavy atom. The van der Waals surface area contributed by atoms with Crippen LogP contribution >= 0.6 is 36.8 Å². The summed E-state index contributed by atoms with van der Waals surface area (Å²) in [5, 5.41) is 0. The van der Waals surface area contributed by atoms with Crippen LogP contribution in [0.15, 0.2) is 0 Å². The minimum absolute atomic E-state index is 0.586. The van der Waals surface area contributed by atoms with Crippen LogP contribution in [0.3, 0.4) is 0 Å². The quantitative estimate of drug-likeness (QED) is 0.602. The van der Waals surface area contributed by atoms with E-state index in [1.165, 1.54) is 0 Å². The van der Waals surface area contributed by atoms with Crippen LogP contribution in [0, 0.1) is 0 Å². The minimum atomic E-state index is -0.586. The van der Waals surface area contributed by atoms with Gasteiger partial charge >= 0.3 is 36.8 Å². The first-order chi connectivity index (χ1) is 3.15. The summed E-state index contributed by atoms with van der Waals surface area (Å²) in [6.45, 7) is 0. The Bertz CT molecular complexity index is 24.1. The summed E-state index contributed by atoms with van der Waals surface area (Å²) in [4.78, 5) is 2.00. The SMILES string of the molecule is CN(C)C.Cl[IH]Cl. The molecule has 0 saturated carbocycles. The van der Waals surface area contributed by atoms with E-state index < -0.39 is 18.9 Å². The van der Waals surface area contributed by atoms with E-state index in [-0.39, 0.29) is 0 Å². The first kappa shape index (κ1) is 11.1. The third-order valence-corrected chi connectivity index (χ3v) is 0. The molecule has 0 spiro atoms. The molecule has 0 N–H and O–H groups in total. The fraction of sp³-hybridized carbons (Fsp3) is 1.00. The van der Waals surface area contributed by atoms with E-state index in [0.29, 0.717) is 0 Å². The molecule has 0 fully saturated rings. The average molecular weight is 258 g/mol. The zero-order chi connectivity index (χ0) is 6.28. The van der Waals surface area contributed by atoms with E-state index in [4.69, 9.17) is 17.8 Å². The molecule has 0 saturated heterocycles. The number of halogens is 3. The Balaban J connectivity index is 0. The van der Waals surface area contributed by atoms with Gasteiger partial charge in [0.05, 0.1) is 0 Å². The third-order valence-electron chi connectivity index (χ3n) is 0. The molecule has 0 amide bonds. The predicted molar refractivity (Wildman–Crippen MR) is 46.7 cm³/mol. The van der Waals surface area contributed by atoms with Gasteiger partial charge in [0.1, 0.15) is 0 Å². The van der Waals surface area contributed by atoms with Crippen LogP contribution in [0.1, 0.15) is 0 Å². The van der Waals surface area contributed by atoms with Gasteiger partial charge in [0.2, 0.25) is 0 Å². The Morgan fingerprint density at radius 2 is 1.14 bits per heavy atom. The summed E-state index contributed by atoms with van der Waals surface area (Å²) >= 11 is -0.586. The van der Waals surface area contributed by atoms with Crippen molar-refractivity contribution in [3.8, 4) is 0 Å². The molecular formula is C3H10Cl2IN. The number of nitrogens with zero attached hydrogens (tertiary/aromatic N) is 1. The number of hydrogen-bond donors (Lipinski definition) is 0. The molecule has 4 heteroatoms. The van der Waals surface area contributed by atoms with Crippen LogP contribution in [0.5, 0.6) is 0 Å². The van der Waals surface area contributed by atoms with Crippen molar-refractivity contribution in [3.05, 3.63) is 0 Å². The van der Waals surface area contributed by atoms with E-state index in [1.807, 2.05) is 26.0 Å². The van der Waals surface area contributed by atoms with Gasteiger partial charge in [-0.1, -0.05) is 0 Å². The summed E-state index contributed by atoms with van der Waals surface area (Å²) in [6, 6.07) is 0. The summed E-state index contributed by atoms with van der Waals surface area (Å²) in [5.41, 5.74) is 0. The van der Waals surface area contributed by atoms with Gasteiger partial charge in [0, 0.05) is 0 Å². The van der Waals surface area contributed by atoms with E-state index in [9.17, 15) is 0 Å². The molecule has 0 aliphatic carbocycles. The van der Waals surface area contributed by atoms with E-state index in [1.54, 1.807) is 0 Å². The van der Waals surface area contributed by atoms with Gasteiger partial charge in [0.25, 0.3) is 0 Å². The summed E-state index contributed by atoms with van der Waals surface area (Å²) in [7, 11) is 15.8. The number of hydrogen-bond acceptors (Lipinski definition) is 1. The topological polar surface area (TPSA) is 3.24 Å². The van der Waals surface area contributed by atoms with Gasteiger partial charge < -0.3 is 4.90 Å². The van der Waals surface area contributed by atoms with Gasteiger partial charge in [-0.15, -0.1) is 0 Å². The maximum absolute atomic E-state index is 4.89. The summed E-state index contributed by atoms with van der Waals surface area (Å²) < 4.78 is 0. The Morgan fingerprint density at radius 3 is 1.14 bits per heavy atom. The molecular weight excluding hydrogens is 248 g/mol. The van der Waals surface area contributed by atoms with Crippen molar-refractivity contribution in [2.75, 3.05) is 21.1 Å². The van der Waals surface area contributed by atoms with Gasteiger partial charge in [-0.05, 0) is 21.1 Å². The molecule has 0 aromatic rings. The second-order valence-corrected chi connectivity index (χ2v) is 4.86. The maximum atomic E-state index is 4.89. The van der Waals surface area contributed by atoms with Gasteiger partial charge in [-0.3, -0.25) is 0 Å². The van der Waals surface area contributed by atoms with Crippen LogP contribution in [0.2, 0.25) is 0 Å². The fourth-order valence-corrected chi connectivity index (χ4v) is 0. The predicted octanol–water partition coefficient (Wildman–Crippen LogP) is 2.17. The van der Waals surface area contributed by atoms with Crippen molar-refractivity contribution < 1.29 is 0 Å². The summed E-state index contributed by atoms with van der Waals surface area (Å²) in [6.07, 6.45) is 0. The molecule has 0 aliphatic rings. The first-order valence-electron chi connectivity index (χ1n) is 1.65. The number of rotatable bonds is 0.